The summed E-state index contributed by atoms with van der Waals surface area (Å²) in [5, 5.41) is 6.99. The van der Waals surface area contributed by atoms with E-state index in [0.717, 1.165) is 20.8 Å². The van der Waals surface area contributed by atoms with Gasteiger partial charge in [-0.15, -0.1) is 0 Å². The molecule has 0 spiro atoms. The third kappa shape index (κ3) is 4.02. The average molecular weight is 368 g/mol. The molecule has 140 valence electrons. The molecule has 0 bridgehead atoms. The van der Waals surface area contributed by atoms with Crippen LogP contribution in [0.4, 0.5) is 0 Å². The summed E-state index contributed by atoms with van der Waals surface area (Å²) in [7, 11) is 2.83. The van der Waals surface area contributed by atoms with Crippen LogP contribution in [0.2, 0.25) is 0 Å². The van der Waals surface area contributed by atoms with Crippen molar-refractivity contribution in [1.29, 1.82) is 0 Å². The van der Waals surface area contributed by atoms with Gasteiger partial charge in [-0.1, -0.05) is 30.3 Å². The Hall–Kier alpha value is -3.49. The summed E-state index contributed by atoms with van der Waals surface area (Å²) < 4.78 is 3.79. The number of nitrogens with one attached hydrogen (secondary N) is 1. The average Bonchev–Trinajstić information content (AvgIpc) is 3.20. The predicted octanol–water partition coefficient (Wildman–Crippen LogP) is 0.237. The van der Waals surface area contributed by atoms with Crippen LogP contribution in [0.3, 0.4) is 0 Å². The van der Waals surface area contributed by atoms with Gasteiger partial charge in [0.25, 0.3) is 11.5 Å². The van der Waals surface area contributed by atoms with E-state index in [1.165, 1.54) is 20.4 Å². The molecule has 0 unspecified atom stereocenters. The maximum absolute atomic E-state index is 12.8. The van der Waals surface area contributed by atoms with Gasteiger partial charge in [0.1, 0.15) is 18.3 Å². The monoisotopic (exact) mass is 368 g/mol. The molecule has 0 aliphatic rings. The van der Waals surface area contributed by atoms with Crippen LogP contribution in [0, 0.1) is 0 Å². The summed E-state index contributed by atoms with van der Waals surface area (Å²) >= 11 is 0. The number of benzene rings is 1. The Morgan fingerprint density at radius 3 is 2.56 bits per heavy atom. The van der Waals surface area contributed by atoms with Crippen molar-refractivity contribution in [1.82, 2.24) is 29.2 Å². The van der Waals surface area contributed by atoms with E-state index in [1.54, 1.807) is 11.0 Å². The van der Waals surface area contributed by atoms with Crippen molar-refractivity contribution in [2.45, 2.75) is 19.0 Å². The molecule has 0 aliphatic carbocycles. The van der Waals surface area contributed by atoms with Gasteiger partial charge in [-0.2, -0.15) is 5.10 Å². The Morgan fingerprint density at radius 1 is 1.15 bits per heavy atom. The molecule has 0 saturated carbocycles. The van der Waals surface area contributed by atoms with Crippen molar-refractivity contribution in [2.24, 2.45) is 14.1 Å². The highest BCUT2D eigenvalue weighted by atomic mass is 16.2. The van der Waals surface area contributed by atoms with Gasteiger partial charge in [0.15, 0.2) is 0 Å². The van der Waals surface area contributed by atoms with Crippen molar-refractivity contribution in [3.63, 3.8) is 0 Å². The maximum atomic E-state index is 12.8. The summed E-state index contributed by atoms with van der Waals surface area (Å²) in [6.07, 6.45) is 3.62. The fraction of sp³-hybridized carbons (Fsp3) is 0.278. The number of carbonyl (C=O) groups excluding carboxylic acids is 1. The standard InChI is InChI=1S/C18H20N6O3/c1-22-15(10-16(25)23(2)18(22)27)17(26)21-14(13-6-4-3-5-7-13)8-9-24-12-19-11-20-24/h3-7,10-12,14H,8-9H2,1-2H3,(H,21,26)/t14-/m0/s1. The molecule has 2 heterocycles. The molecule has 2 aromatic heterocycles. The summed E-state index contributed by atoms with van der Waals surface area (Å²) in [5.74, 6) is -0.486. The lowest BCUT2D eigenvalue weighted by atomic mass is 10.0. The maximum Gasteiger partial charge on any atom is 0.331 e. The van der Waals surface area contributed by atoms with E-state index >= 15 is 0 Å². The quantitative estimate of drug-likeness (QED) is 0.671. The van der Waals surface area contributed by atoms with Gasteiger partial charge < -0.3 is 5.32 Å². The molecule has 1 amide bonds. The Labute approximate surface area is 154 Å². The van der Waals surface area contributed by atoms with Gasteiger partial charge in [0, 0.05) is 26.7 Å². The largest absolute Gasteiger partial charge is 0.344 e. The number of aryl methyl sites for hydroxylation is 1. The molecular weight excluding hydrogens is 348 g/mol. The van der Waals surface area contributed by atoms with Crippen molar-refractivity contribution in [3.8, 4) is 0 Å². The van der Waals surface area contributed by atoms with Crippen LogP contribution in [0.25, 0.3) is 0 Å². The van der Waals surface area contributed by atoms with Gasteiger partial charge in [-0.3, -0.25) is 23.4 Å². The SMILES string of the molecule is Cn1c(C(=O)N[C@@H](CCn2cncn2)c2ccccc2)cc(=O)n(C)c1=O. The molecule has 27 heavy (non-hydrogen) atoms. The molecule has 0 saturated heterocycles. The van der Waals surface area contributed by atoms with E-state index < -0.39 is 17.2 Å². The number of rotatable bonds is 6. The first-order chi connectivity index (χ1) is 13.0. The molecule has 9 nitrogen and oxygen atoms in total. The number of aromatic nitrogens is 5. The second-order valence-electron chi connectivity index (χ2n) is 6.15. The van der Waals surface area contributed by atoms with Crippen LogP contribution in [0.15, 0.2) is 58.6 Å². The molecule has 0 aliphatic heterocycles. The first-order valence-electron chi connectivity index (χ1n) is 8.42. The van der Waals surface area contributed by atoms with Gasteiger partial charge in [0.05, 0.1) is 6.04 Å². The minimum atomic E-state index is -0.550. The predicted molar refractivity (Wildman–Crippen MR) is 98.2 cm³/mol. The summed E-state index contributed by atoms with van der Waals surface area (Å²) in [5.41, 5.74) is -0.141. The second-order valence-corrected chi connectivity index (χ2v) is 6.15. The van der Waals surface area contributed by atoms with Crippen LogP contribution in [0.5, 0.6) is 0 Å². The summed E-state index contributed by atoms with van der Waals surface area (Å²) in [6.45, 7) is 0.551. The first-order valence-corrected chi connectivity index (χ1v) is 8.42. The van der Waals surface area contributed by atoms with Crippen molar-refractivity contribution in [2.75, 3.05) is 0 Å². The van der Waals surface area contributed by atoms with E-state index in [1.807, 2.05) is 30.3 Å². The van der Waals surface area contributed by atoms with E-state index in [2.05, 4.69) is 15.4 Å². The molecule has 0 fully saturated rings. The molecule has 0 radical (unpaired) electrons. The zero-order chi connectivity index (χ0) is 19.4. The van der Waals surface area contributed by atoms with E-state index in [0.29, 0.717) is 13.0 Å². The molecule has 9 heteroatoms. The van der Waals surface area contributed by atoms with Crippen LogP contribution in [-0.4, -0.2) is 29.8 Å². The van der Waals surface area contributed by atoms with Crippen molar-refractivity contribution in [3.05, 3.63) is 81.1 Å². The van der Waals surface area contributed by atoms with E-state index in [4.69, 9.17) is 0 Å². The van der Waals surface area contributed by atoms with Crippen molar-refractivity contribution < 1.29 is 4.79 Å². The zero-order valence-corrected chi connectivity index (χ0v) is 15.1. The minimum absolute atomic E-state index is 0.0183. The molecule has 1 N–H and O–H groups in total. The lowest BCUT2D eigenvalue weighted by Gasteiger charge is -2.20. The number of nitrogens with zero attached hydrogens (tertiary/aromatic N) is 5. The molecule has 3 rings (SSSR count). The lowest BCUT2D eigenvalue weighted by molar-refractivity contribution is 0.0923. The van der Waals surface area contributed by atoms with E-state index in [9.17, 15) is 14.4 Å². The number of hydrogen-bond acceptors (Lipinski definition) is 5. The molecule has 1 aromatic carbocycles. The lowest BCUT2D eigenvalue weighted by Crippen LogP contribution is -2.41. The minimum Gasteiger partial charge on any atom is -0.344 e. The topological polar surface area (TPSA) is 104 Å². The Balaban J connectivity index is 1.86. The van der Waals surface area contributed by atoms with Gasteiger partial charge >= 0.3 is 5.69 Å². The number of amides is 1. The third-order valence-corrected chi connectivity index (χ3v) is 4.38. The highest BCUT2D eigenvalue weighted by Gasteiger charge is 2.19. The van der Waals surface area contributed by atoms with Crippen LogP contribution in [-0.2, 0) is 20.6 Å². The second kappa shape index (κ2) is 7.81. The summed E-state index contributed by atoms with van der Waals surface area (Å²) in [4.78, 5) is 40.7. The first kappa shape index (κ1) is 18.3. The Bertz CT molecular complexity index is 1040. The molecule has 3 aromatic rings. The number of carbonyl (C=O) groups is 1. The van der Waals surface area contributed by atoms with Crippen LogP contribution in [0.1, 0.15) is 28.5 Å². The van der Waals surface area contributed by atoms with E-state index in [-0.39, 0.29) is 11.7 Å². The zero-order valence-electron chi connectivity index (χ0n) is 15.1. The van der Waals surface area contributed by atoms with Gasteiger partial charge in [0.2, 0.25) is 0 Å². The van der Waals surface area contributed by atoms with Crippen LogP contribution >= 0.6 is 0 Å². The fourth-order valence-corrected chi connectivity index (χ4v) is 2.80. The van der Waals surface area contributed by atoms with Gasteiger partial charge in [-0.05, 0) is 12.0 Å². The highest BCUT2D eigenvalue weighted by molar-refractivity contribution is 5.92. The molecule has 1 atom stereocenters. The summed E-state index contributed by atoms with van der Waals surface area (Å²) in [6, 6.07) is 10.3. The Kier molecular flexibility index (Phi) is 5.30. The Morgan fingerprint density at radius 2 is 1.89 bits per heavy atom. The highest BCUT2D eigenvalue weighted by Crippen LogP contribution is 2.18. The fourth-order valence-electron chi connectivity index (χ4n) is 2.80. The number of hydrogen-bond donors (Lipinski definition) is 1. The molecular formula is C18H20N6O3. The third-order valence-electron chi connectivity index (χ3n) is 4.38. The normalized spacial score (nSPS) is 11.9. The van der Waals surface area contributed by atoms with Crippen molar-refractivity contribution >= 4 is 5.91 Å². The van der Waals surface area contributed by atoms with Gasteiger partial charge in [-0.25, -0.2) is 9.78 Å². The van der Waals surface area contributed by atoms with Crippen LogP contribution < -0.4 is 16.6 Å². The smallest absolute Gasteiger partial charge is 0.331 e.